The van der Waals surface area contributed by atoms with Gasteiger partial charge in [-0.1, -0.05) is 176 Å². The maximum Gasteiger partial charge on any atom is 0.160 e. The number of fused-ring (bicyclic) bond motifs is 11. The summed E-state index contributed by atoms with van der Waals surface area (Å²) in [6.07, 6.45) is 0. The van der Waals surface area contributed by atoms with Crippen LogP contribution in [-0.2, 0) is 5.41 Å². The monoisotopic (exact) mass is 672 g/mol. The van der Waals surface area contributed by atoms with Crippen LogP contribution in [0, 0.1) is 0 Å². The van der Waals surface area contributed by atoms with Crippen molar-refractivity contribution in [2.24, 2.45) is 0 Å². The van der Waals surface area contributed by atoms with Gasteiger partial charge in [-0.25, -0.2) is 9.97 Å². The molecule has 0 amide bonds. The molecule has 0 bridgehead atoms. The summed E-state index contributed by atoms with van der Waals surface area (Å²) >= 11 is 0. The van der Waals surface area contributed by atoms with E-state index in [0.717, 1.165) is 39.1 Å². The number of nitrogens with zero attached hydrogens (tertiary/aromatic N) is 2. The van der Waals surface area contributed by atoms with Crippen molar-refractivity contribution in [3.05, 3.63) is 216 Å². The van der Waals surface area contributed by atoms with Crippen LogP contribution >= 0.6 is 0 Å². The van der Waals surface area contributed by atoms with Crippen molar-refractivity contribution in [2.75, 3.05) is 0 Å². The smallest absolute Gasteiger partial charge is 0.160 e. The molecular weight excluding hydrogens is 641 g/mol. The van der Waals surface area contributed by atoms with Gasteiger partial charge in [0.05, 0.1) is 16.6 Å². The van der Waals surface area contributed by atoms with Crippen molar-refractivity contribution in [2.45, 2.75) is 5.41 Å². The minimum atomic E-state index is -0.339. The molecular formula is C51H32N2. The molecule has 2 nitrogen and oxygen atoms in total. The highest BCUT2D eigenvalue weighted by Crippen LogP contribution is 2.62. The predicted octanol–water partition coefficient (Wildman–Crippen LogP) is 12.6. The standard InChI is InChI=1S/C51H32N2/c1-2-13-33(14-3-1)34-25-27-35(28-26-34)49-42-20-7-11-24-48(42)52-50(53-49)38-16-12-15-36(31-38)37-29-30-47-43(32-37)41-19-6-10-23-46(41)51(47)44-21-8-4-17-39(44)40-18-5-9-22-45(40)51/h1-32H. The summed E-state index contributed by atoms with van der Waals surface area (Å²) in [6.45, 7) is 0. The molecule has 1 heterocycles. The van der Waals surface area contributed by atoms with Gasteiger partial charge in [-0.15, -0.1) is 0 Å². The van der Waals surface area contributed by atoms with E-state index in [4.69, 9.17) is 9.97 Å². The van der Waals surface area contributed by atoms with Crippen LogP contribution in [0.15, 0.2) is 194 Å². The summed E-state index contributed by atoms with van der Waals surface area (Å²) in [5, 5.41) is 1.04. The zero-order valence-corrected chi connectivity index (χ0v) is 28.9. The molecule has 9 aromatic rings. The van der Waals surface area contributed by atoms with Crippen molar-refractivity contribution < 1.29 is 0 Å². The molecule has 53 heavy (non-hydrogen) atoms. The summed E-state index contributed by atoms with van der Waals surface area (Å²) in [6, 6.07) is 70.2. The second-order valence-electron chi connectivity index (χ2n) is 14.1. The maximum atomic E-state index is 5.25. The average Bonchev–Trinajstić information content (AvgIpc) is 3.71. The zero-order chi connectivity index (χ0) is 34.9. The van der Waals surface area contributed by atoms with E-state index in [1.54, 1.807) is 0 Å². The van der Waals surface area contributed by atoms with Gasteiger partial charge in [0.15, 0.2) is 5.82 Å². The molecule has 0 atom stereocenters. The van der Waals surface area contributed by atoms with Crippen LogP contribution in [0.1, 0.15) is 22.3 Å². The number of aromatic nitrogens is 2. The summed E-state index contributed by atoms with van der Waals surface area (Å²) in [4.78, 5) is 10.3. The second-order valence-corrected chi connectivity index (χ2v) is 14.1. The Labute approximate surface area is 308 Å². The fourth-order valence-corrected chi connectivity index (χ4v) is 8.99. The molecule has 8 aromatic carbocycles. The third kappa shape index (κ3) is 4.39. The van der Waals surface area contributed by atoms with Gasteiger partial charge >= 0.3 is 0 Å². The van der Waals surface area contributed by atoms with Gasteiger partial charge in [0.2, 0.25) is 0 Å². The average molecular weight is 673 g/mol. The molecule has 1 aromatic heterocycles. The number of rotatable bonds is 4. The first-order chi connectivity index (χ1) is 26.3. The topological polar surface area (TPSA) is 25.8 Å². The molecule has 1 spiro atoms. The van der Waals surface area contributed by atoms with Crippen LogP contribution in [0.4, 0.5) is 0 Å². The van der Waals surface area contributed by atoms with Crippen LogP contribution < -0.4 is 0 Å². The van der Waals surface area contributed by atoms with Crippen molar-refractivity contribution in [3.63, 3.8) is 0 Å². The lowest BCUT2D eigenvalue weighted by molar-refractivity contribution is 0.794. The third-order valence-corrected chi connectivity index (χ3v) is 11.3. The highest BCUT2D eigenvalue weighted by atomic mass is 14.9. The van der Waals surface area contributed by atoms with Crippen molar-refractivity contribution in [3.8, 4) is 67.2 Å². The molecule has 0 unspecified atom stereocenters. The molecule has 2 heteroatoms. The lowest BCUT2D eigenvalue weighted by Crippen LogP contribution is -2.25. The van der Waals surface area contributed by atoms with E-state index < -0.39 is 0 Å². The zero-order valence-electron chi connectivity index (χ0n) is 28.9. The molecule has 0 radical (unpaired) electrons. The molecule has 0 aliphatic heterocycles. The van der Waals surface area contributed by atoms with Gasteiger partial charge in [0, 0.05) is 16.5 Å². The molecule has 2 aliphatic rings. The highest BCUT2D eigenvalue weighted by molar-refractivity contribution is 5.97. The minimum absolute atomic E-state index is 0.339. The van der Waals surface area contributed by atoms with E-state index in [9.17, 15) is 0 Å². The second kappa shape index (κ2) is 11.6. The molecule has 11 rings (SSSR count). The SMILES string of the molecule is c1ccc(-c2ccc(-c3nc(-c4cccc(-c5ccc6c(c5)-c5ccccc5C65c6ccccc6-c6ccccc65)c4)nc4ccccc34)cc2)cc1. The van der Waals surface area contributed by atoms with Crippen LogP contribution in [-0.4, -0.2) is 9.97 Å². The first-order valence-electron chi connectivity index (χ1n) is 18.2. The fourth-order valence-electron chi connectivity index (χ4n) is 8.99. The number of para-hydroxylation sites is 1. The summed E-state index contributed by atoms with van der Waals surface area (Å²) in [7, 11) is 0. The molecule has 2 aliphatic carbocycles. The van der Waals surface area contributed by atoms with Crippen molar-refractivity contribution in [1.29, 1.82) is 0 Å². The molecule has 0 fully saturated rings. The Kier molecular flexibility index (Phi) is 6.50. The third-order valence-electron chi connectivity index (χ3n) is 11.3. The van der Waals surface area contributed by atoms with Crippen LogP contribution in [0.25, 0.3) is 78.1 Å². The Hall–Kier alpha value is -6.90. The van der Waals surface area contributed by atoms with E-state index >= 15 is 0 Å². The lowest BCUT2D eigenvalue weighted by atomic mass is 9.70. The first kappa shape index (κ1) is 29.8. The van der Waals surface area contributed by atoms with Gasteiger partial charge < -0.3 is 0 Å². The highest BCUT2D eigenvalue weighted by Gasteiger charge is 2.51. The van der Waals surface area contributed by atoms with Gasteiger partial charge in [0.25, 0.3) is 0 Å². The molecule has 0 saturated heterocycles. The first-order valence-corrected chi connectivity index (χ1v) is 18.2. The van der Waals surface area contributed by atoms with Gasteiger partial charge in [-0.3, -0.25) is 0 Å². The van der Waals surface area contributed by atoms with E-state index in [1.165, 1.54) is 61.2 Å². The maximum absolute atomic E-state index is 5.25. The van der Waals surface area contributed by atoms with E-state index in [2.05, 4.69) is 188 Å². The summed E-state index contributed by atoms with van der Waals surface area (Å²) < 4.78 is 0. The van der Waals surface area contributed by atoms with E-state index in [-0.39, 0.29) is 5.41 Å². The van der Waals surface area contributed by atoms with Gasteiger partial charge in [0.1, 0.15) is 0 Å². The van der Waals surface area contributed by atoms with Crippen molar-refractivity contribution >= 4 is 10.9 Å². The number of benzene rings is 8. The van der Waals surface area contributed by atoms with Crippen LogP contribution in [0.3, 0.4) is 0 Å². The lowest BCUT2D eigenvalue weighted by Gasteiger charge is -2.30. The number of hydrogen-bond acceptors (Lipinski definition) is 2. The van der Waals surface area contributed by atoms with Crippen LogP contribution in [0.5, 0.6) is 0 Å². The summed E-state index contributed by atoms with van der Waals surface area (Å²) in [5.41, 5.74) is 19.0. The Bertz CT molecular complexity index is 2840. The molecule has 0 saturated carbocycles. The molecule has 0 N–H and O–H groups in total. The largest absolute Gasteiger partial charge is 0.228 e. The predicted molar refractivity (Wildman–Crippen MR) is 218 cm³/mol. The molecule has 246 valence electrons. The van der Waals surface area contributed by atoms with Gasteiger partial charge in [-0.05, 0) is 85.0 Å². The Morgan fingerprint density at radius 1 is 0.302 bits per heavy atom. The Balaban J connectivity index is 1.03. The fraction of sp³-hybridized carbons (Fsp3) is 0.0196. The Morgan fingerprint density at radius 2 is 0.792 bits per heavy atom. The van der Waals surface area contributed by atoms with E-state index in [0.29, 0.717) is 0 Å². The quantitative estimate of drug-likeness (QED) is 0.186. The Morgan fingerprint density at radius 3 is 1.51 bits per heavy atom. The van der Waals surface area contributed by atoms with Gasteiger partial charge in [-0.2, -0.15) is 0 Å². The van der Waals surface area contributed by atoms with Crippen LogP contribution in [0.2, 0.25) is 0 Å². The summed E-state index contributed by atoms with van der Waals surface area (Å²) in [5.74, 6) is 0.720. The number of hydrogen-bond donors (Lipinski definition) is 0. The normalized spacial score (nSPS) is 13.1. The minimum Gasteiger partial charge on any atom is -0.228 e. The van der Waals surface area contributed by atoms with Crippen molar-refractivity contribution in [1.82, 2.24) is 9.97 Å². The van der Waals surface area contributed by atoms with E-state index in [1.807, 2.05) is 6.07 Å².